The fourth-order valence-corrected chi connectivity index (χ4v) is 5.15. The van der Waals surface area contributed by atoms with Gasteiger partial charge in [0.2, 0.25) is 0 Å². The monoisotopic (exact) mass is 439 g/mol. The standard InChI is InChI=1S/C27H41N3O2/c1-8-26(4,5)20-15-18(3)16-21(27(6,7)9-2)24(20)32-23(31)17-22-28-25(30-29-22)19-13-11-10-12-14-19/h10-14,18,20-21,24H,8-9,15-17H2,1-7H3,(H,28,29,30). The van der Waals surface area contributed by atoms with Crippen molar-refractivity contribution >= 4 is 5.97 Å². The molecular formula is C27H41N3O2. The minimum atomic E-state index is -0.214. The maximum atomic E-state index is 13.1. The largest absolute Gasteiger partial charge is 0.461 e. The summed E-state index contributed by atoms with van der Waals surface area (Å²) in [7, 11) is 0. The van der Waals surface area contributed by atoms with E-state index in [9.17, 15) is 4.79 Å². The van der Waals surface area contributed by atoms with Gasteiger partial charge in [0, 0.05) is 17.4 Å². The summed E-state index contributed by atoms with van der Waals surface area (Å²) in [5, 5.41) is 7.21. The Labute approximate surface area is 193 Å². The highest BCUT2D eigenvalue weighted by Gasteiger charge is 2.49. The molecule has 1 aromatic carbocycles. The Morgan fingerprint density at radius 3 is 2.12 bits per heavy atom. The second-order valence-electron chi connectivity index (χ2n) is 11.1. The van der Waals surface area contributed by atoms with E-state index in [-0.39, 0.29) is 29.3 Å². The highest BCUT2D eigenvalue weighted by molar-refractivity contribution is 5.72. The van der Waals surface area contributed by atoms with Crippen molar-refractivity contribution in [2.24, 2.45) is 28.6 Å². The number of hydrogen-bond acceptors (Lipinski definition) is 4. The molecule has 1 aromatic heterocycles. The SMILES string of the molecule is CCC(C)(C)C1CC(C)CC(C(C)(C)CC)C1OC(=O)Cc1nc(-c2ccccc2)n[nH]1. The number of aromatic nitrogens is 3. The third kappa shape index (κ3) is 5.41. The van der Waals surface area contributed by atoms with Gasteiger partial charge in [-0.15, -0.1) is 0 Å². The van der Waals surface area contributed by atoms with Crippen molar-refractivity contribution in [1.82, 2.24) is 15.2 Å². The Hall–Kier alpha value is -2.17. The molecule has 3 rings (SSSR count). The molecule has 2 aromatic rings. The van der Waals surface area contributed by atoms with Gasteiger partial charge in [-0.3, -0.25) is 9.89 Å². The van der Waals surface area contributed by atoms with E-state index in [1.807, 2.05) is 30.3 Å². The predicted octanol–water partition coefficient (Wildman–Crippen LogP) is 6.46. The molecule has 1 saturated carbocycles. The molecular weight excluding hydrogens is 398 g/mol. The van der Waals surface area contributed by atoms with Crippen molar-refractivity contribution in [2.75, 3.05) is 0 Å². The van der Waals surface area contributed by atoms with E-state index in [0.29, 0.717) is 29.4 Å². The van der Waals surface area contributed by atoms with Crippen LogP contribution in [-0.4, -0.2) is 27.3 Å². The average molecular weight is 440 g/mol. The van der Waals surface area contributed by atoms with E-state index in [0.717, 1.165) is 31.2 Å². The summed E-state index contributed by atoms with van der Waals surface area (Å²) < 4.78 is 6.33. The third-order valence-electron chi connectivity index (χ3n) is 8.08. The summed E-state index contributed by atoms with van der Waals surface area (Å²) in [6.45, 7) is 16.2. The average Bonchev–Trinajstić information content (AvgIpc) is 3.23. The molecule has 0 aliphatic heterocycles. The van der Waals surface area contributed by atoms with Crippen LogP contribution in [-0.2, 0) is 16.0 Å². The van der Waals surface area contributed by atoms with Gasteiger partial charge < -0.3 is 4.74 Å². The Balaban J connectivity index is 1.80. The minimum absolute atomic E-state index is 0.0693. The summed E-state index contributed by atoms with van der Waals surface area (Å²) >= 11 is 0. The highest BCUT2D eigenvalue weighted by Crippen LogP contribution is 2.51. The quantitative estimate of drug-likeness (QED) is 0.479. The first-order chi connectivity index (χ1) is 15.1. The third-order valence-corrected chi connectivity index (χ3v) is 8.08. The normalized spacial score (nSPS) is 24.3. The van der Waals surface area contributed by atoms with Gasteiger partial charge in [-0.2, -0.15) is 5.10 Å². The summed E-state index contributed by atoms with van der Waals surface area (Å²) in [5.74, 6) is 2.29. The lowest BCUT2D eigenvalue weighted by Crippen LogP contribution is -2.50. The number of nitrogens with one attached hydrogen (secondary N) is 1. The maximum absolute atomic E-state index is 13.1. The van der Waals surface area contributed by atoms with E-state index >= 15 is 0 Å². The molecule has 1 N–H and O–H groups in total. The van der Waals surface area contributed by atoms with Crippen LogP contribution < -0.4 is 0 Å². The first-order valence-corrected chi connectivity index (χ1v) is 12.2. The second kappa shape index (κ2) is 9.76. The smallest absolute Gasteiger partial charge is 0.313 e. The van der Waals surface area contributed by atoms with Gasteiger partial charge in [-0.1, -0.05) is 91.6 Å². The zero-order valence-corrected chi connectivity index (χ0v) is 20.9. The number of carbonyl (C=O) groups is 1. The molecule has 1 fully saturated rings. The van der Waals surface area contributed by atoms with Gasteiger partial charge >= 0.3 is 5.97 Å². The molecule has 176 valence electrons. The molecule has 2 unspecified atom stereocenters. The van der Waals surface area contributed by atoms with Crippen LogP contribution >= 0.6 is 0 Å². The fourth-order valence-electron chi connectivity index (χ4n) is 5.15. The van der Waals surface area contributed by atoms with Gasteiger partial charge in [0.1, 0.15) is 18.3 Å². The fraction of sp³-hybridized carbons (Fsp3) is 0.667. The van der Waals surface area contributed by atoms with Gasteiger partial charge in [0.15, 0.2) is 5.82 Å². The molecule has 0 spiro atoms. The second-order valence-corrected chi connectivity index (χ2v) is 11.1. The zero-order valence-electron chi connectivity index (χ0n) is 20.9. The van der Waals surface area contributed by atoms with Crippen molar-refractivity contribution in [3.63, 3.8) is 0 Å². The molecule has 0 saturated heterocycles. The predicted molar refractivity (Wildman–Crippen MR) is 129 cm³/mol. The Morgan fingerprint density at radius 2 is 1.59 bits per heavy atom. The van der Waals surface area contributed by atoms with E-state index in [1.54, 1.807) is 0 Å². The molecule has 32 heavy (non-hydrogen) atoms. The molecule has 1 aliphatic rings. The van der Waals surface area contributed by atoms with Crippen LogP contribution in [0.2, 0.25) is 0 Å². The molecule has 0 bridgehead atoms. The maximum Gasteiger partial charge on any atom is 0.313 e. The minimum Gasteiger partial charge on any atom is -0.461 e. The number of hydrogen-bond donors (Lipinski definition) is 1. The lowest BCUT2D eigenvalue weighted by atomic mass is 9.57. The van der Waals surface area contributed by atoms with Crippen LogP contribution in [0.5, 0.6) is 0 Å². The lowest BCUT2D eigenvalue weighted by Gasteiger charge is -2.51. The number of carbonyl (C=O) groups excluding carboxylic acids is 1. The van der Waals surface area contributed by atoms with Crippen molar-refractivity contribution in [1.29, 1.82) is 0 Å². The van der Waals surface area contributed by atoms with Crippen LogP contribution in [0.15, 0.2) is 30.3 Å². The summed E-state index contributed by atoms with van der Waals surface area (Å²) in [6.07, 6.45) is 4.40. The van der Waals surface area contributed by atoms with Crippen LogP contribution in [0.1, 0.15) is 80.0 Å². The molecule has 5 heteroatoms. The Kier molecular flexibility index (Phi) is 7.46. The number of rotatable bonds is 8. The van der Waals surface area contributed by atoms with Crippen LogP contribution in [0.4, 0.5) is 0 Å². The molecule has 5 nitrogen and oxygen atoms in total. The van der Waals surface area contributed by atoms with E-state index in [1.165, 1.54) is 0 Å². The van der Waals surface area contributed by atoms with Gasteiger partial charge in [0.05, 0.1) is 0 Å². The molecule has 1 aliphatic carbocycles. The van der Waals surface area contributed by atoms with Crippen molar-refractivity contribution in [3.05, 3.63) is 36.2 Å². The van der Waals surface area contributed by atoms with Gasteiger partial charge in [-0.25, -0.2) is 4.98 Å². The number of H-pyrrole nitrogens is 1. The summed E-state index contributed by atoms with van der Waals surface area (Å²) in [4.78, 5) is 17.6. The first kappa shape index (κ1) is 24.5. The summed E-state index contributed by atoms with van der Waals surface area (Å²) in [5.41, 5.74) is 1.17. The van der Waals surface area contributed by atoms with Crippen molar-refractivity contribution in [2.45, 2.75) is 86.7 Å². The zero-order chi connectivity index (χ0) is 23.5. The topological polar surface area (TPSA) is 67.9 Å². The van der Waals surface area contributed by atoms with Crippen molar-refractivity contribution < 1.29 is 9.53 Å². The van der Waals surface area contributed by atoms with E-state index in [2.05, 4.69) is 63.6 Å². The summed E-state index contributed by atoms with van der Waals surface area (Å²) in [6, 6.07) is 9.79. The van der Waals surface area contributed by atoms with Gasteiger partial charge in [-0.05, 0) is 29.6 Å². The molecule has 0 amide bonds. The Bertz CT molecular complexity index is 861. The van der Waals surface area contributed by atoms with Crippen molar-refractivity contribution in [3.8, 4) is 11.4 Å². The number of ether oxygens (including phenoxy) is 1. The van der Waals surface area contributed by atoms with Crippen LogP contribution in [0.3, 0.4) is 0 Å². The molecule has 0 radical (unpaired) electrons. The van der Waals surface area contributed by atoms with Gasteiger partial charge in [0.25, 0.3) is 0 Å². The lowest BCUT2D eigenvalue weighted by molar-refractivity contribution is -0.170. The molecule has 2 atom stereocenters. The van der Waals surface area contributed by atoms with E-state index in [4.69, 9.17) is 4.74 Å². The highest BCUT2D eigenvalue weighted by atomic mass is 16.5. The number of aromatic amines is 1. The van der Waals surface area contributed by atoms with Crippen LogP contribution in [0, 0.1) is 28.6 Å². The first-order valence-electron chi connectivity index (χ1n) is 12.2. The van der Waals surface area contributed by atoms with E-state index < -0.39 is 0 Å². The number of esters is 1. The molecule has 1 heterocycles. The number of nitrogens with zero attached hydrogens (tertiary/aromatic N) is 2. The number of benzene rings is 1. The Morgan fingerprint density at radius 1 is 1.03 bits per heavy atom. The van der Waals surface area contributed by atoms with Crippen LogP contribution in [0.25, 0.3) is 11.4 Å².